The topological polar surface area (TPSA) is 33.7 Å². The number of allylic oxidation sites excluding steroid dienone is 1. The van der Waals surface area contributed by atoms with Gasteiger partial charge in [-0.25, -0.2) is 0 Å². The van der Waals surface area contributed by atoms with Gasteiger partial charge in [0.05, 0.1) is 6.54 Å². The lowest BCUT2D eigenvalue weighted by Gasteiger charge is -2.14. The number of hydrogen-bond donors (Lipinski definition) is 1. The molecule has 0 heterocycles. The maximum absolute atomic E-state index is 12.4. The molecule has 0 fully saturated rings. The monoisotopic (exact) mass is 238 g/mol. The quantitative estimate of drug-likeness (QED) is 0.875. The molecule has 0 bridgehead atoms. The first-order valence-corrected chi connectivity index (χ1v) is 6.42. The number of benzene rings is 2. The number of carbonyl (C=O) groups is 1. The molecule has 0 atom stereocenters. The second-order valence-electron chi connectivity index (χ2n) is 4.67. The molecule has 1 aliphatic carbocycles. The van der Waals surface area contributed by atoms with Crippen LogP contribution in [-0.2, 0) is 0 Å². The fraction of sp³-hybridized carbons (Fsp3) is 0.188. The highest BCUT2D eigenvalue weighted by atomic mass is 16.1. The Labute approximate surface area is 106 Å². The van der Waals surface area contributed by atoms with Crippen molar-refractivity contribution in [1.82, 2.24) is 0 Å². The Bertz CT molecular complexity index is 650. The summed E-state index contributed by atoms with van der Waals surface area (Å²) in [6, 6.07) is 12.1. The average molecular weight is 238 g/mol. The molecule has 0 unspecified atom stereocenters. The van der Waals surface area contributed by atoms with Crippen LogP contribution >= 0.6 is 0 Å². The summed E-state index contributed by atoms with van der Waals surface area (Å²) in [4.78, 5) is 12.4. The van der Waals surface area contributed by atoms with Crippen molar-refractivity contribution >= 4 is 22.6 Å². The predicted molar refractivity (Wildman–Crippen MR) is 73.3 cm³/mol. The van der Waals surface area contributed by atoms with Crippen molar-refractivity contribution in [2.24, 2.45) is 0 Å². The zero-order valence-electron chi connectivity index (χ0n) is 10.4. The van der Waals surface area contributed by atoms with Gasteiger partial charge in [0.15, 0.2) is 5.70 Å². The van der Waals surface area contributed by atoms with Crippen molar-refractivity contribution in [2.45, 2.75) is 13.3 Å². The molecule has 0 spiro atoms. The van der Waals surface area contributed by atoms with Gasteiger partial charge in [0.2, 0.25) is 5.78 Å². The molecule has 2 N–H and O–H groups in total. The highest BCUT2D eigenvalue weighted by molar-refractivity contribution is 6.21. The second-order valence-corrected chi connectivity index (χ2v) is 4.67. The van der Waals surface area contributed by atoms with Crippen LogP contribution in [0.5, 0.6) is 0 Å². The van der Waals surface area contributed by atoms with Crippen molar-refractivity contribution in [3.8, 4) is 0 Å². The van der Waals surface area contributed by atoms with E-state index in [2.05, 4.69) is 30.4 Å². The molecular weight excluding hydrogens is 222 g/mol. The number of carbonyl (C=O) groups excluding carboxylic acids is 1. The lowest BCUT2D eigenvalue weighted by Crippen LogP contribution is -2.83. The summed E-state index contributed by atoms with van der Waals surface area (Å²) < 4.78 is 0. The third-order valence-electron chi connectivity index (χ3n) is 3.41. The van der Waals surface area contributed by atoms with Gasteiger partial charge in [0, 0.05) is 17.0 Å². The number of nitrogens with two attached hydrogens (primary N) is 1. The van der Waals surface area contributed by atoms with E-state index >= 15 is 0 Å². The predicted octanol–water partition coefficient (Wildman–Crippen LogP) is 2.35. The summed E-state index contributed by atoms with van der Waals surface area (Å²) >= 11 is 0. The SMILES string of the molecule is CCC[NH2+]C1=Cc2cccc3cccc(c23)C1=O. The molecule has 0 amide bonds. The van der Waals surface area contributed by atoms with Gasteiger partial charge in [-0.3, -0.25) is 4.79 Å². The maximum atomic E-state index is 12.4. The largest absolute Gasteiger partial charge is 0.310 e. The zero-order chi connectivity index (χ0) is 12.5. The highest BCUT2D eigenvalue weighted by Gasteiger charge is 2.23. The summed E-state index contributed by atoms with van der Waals surface area (Å²) in [6.07, 6.45) is 3.09. The van der Waals surface area contributed by atoms with Crippen LogP contribution in [0.2, 0.25) is 0 Å². The first kappa shape index (κ1) is 11.2. The molecule has 2 aromatic carbocycles. The van der Waals surface area contributed by atoms with Crippen LogP contribution in [0, 0.1) is 0 Å². The first-order valence-electron chi connectivity index (χ1n) is 6.42. The van der Waals surface area contributed by atoms with Crippen LogP contribution in [0.4, 0.5) is 0 Å². The van der Waals surface area contributed by atoms with Crippen molar-refractivity contribution in [3.63, 3.8) is 0 Å². The van der Waals surface area contributed by atoms with Gasteiger partial charge >= 0.3 is 0 Å². The first-order chi connectivity index (χ1) is 8.81. The summed E-state index contributed by atoms with van der Waals surface area (Å²) in [5.41, 5.74) is 2.83. The molecule has 0 saturated carbocycles. The van der Waals surface area contributed by atoms with Gasteiger partial charge in [-0.1, -0.05) is 43.3 Å². The Kier molecular flexibility index (Phi) is 2.73. The fourth-order valence-electron chi connectivity index (χ4n) is 2.52. The minimum absolute atomic E-state index is 0.160. The molecule has 3 rings (SSSR count). The van der Waals surface area contributed by atoms with Gasteiger partial charge in [-0.15, -0.1) is 0 Å². The maximum Gasteiger partial charge on any atom is 0.246 e. The Morgan fingerprint density at radius 2 is 1.89 bits per heavy atom. The minimum Gasteiger partial charge on any atom is -0.310 e. The van der Waals surface area contributed by atoms with Gasteiger partial charge in [0.1, 0.15) is 0 Å². The van der Waals surface area contributed by atoms with Gasteiger partial charge in [0.25, 0.3) is 0 Å². The standard InChI is InChI=1S/C16H15NO/c1-2-9-17-14-10-12-7-3-5-11-6-4-8-13(15(11)12)16(14)18/h3-8,10,17H,2,9H2,1H3/p+1. The van der Waals surface area contributed by atoms with Crippen LogP contribution in [0.15, 0.2) is 42.1 Å². The molecule has 1 aliphatic rings. The van der Waals surface area contributed by atoms with E-state index in [-0.39, 0.29) is 5.78 Å². The highest BCUT2D eigenvalue weighted by Crippen LogP contribution is 2.29. The summed E-state index contributed by atoms with van der Waals surface area (Å²) in [6.45, 7) is 3.08. The van der Waals surface area contributed by atoms with E-state index in [1.165, 1.54) is 0 Å². The second kappa shape index (κ2) is 4.39. The van der Waals surface area contributed by atoms with Crippen molar-refractivity contribution in [2.75, 3.05) is 6.54 Å². The van der Waals surface area contributed by atoms with E-state index in [0.717, 1.165) is 40.6 Å². The van der Waals surface area contributed by atoms with Gasteiger partial charge < -0.3 is 5.32 Å². The molecule has 0 aromatic heterocycles. The van der Waals surface area contributed by atoms with Gasteiger partial charge in [-0.05, 0) is 17.4 Å². The van der Waals surface area contributed by atoms with E-state index in [1.807, 2.05) is 24.3 Å². The number of quaternary nitrogens is 1. The van der Waals surface area contributed by atoms with E-state index in [9.17, 15) is 4.79 Å². The molecule has 2 heteroatoms. The lowest BCUT2D eigenvalue weighted by atomic mass is 9.90. The van der Waals surface area contributed by atoms with E-state index in [0.29, 0.717) is 0 Å². The van der Waals surface area contributed by atoms with Crippen molar-refractivity contribution in [1.29, 1.82) is 0 Å². The number of hydrogen-bond acceptors (Lipinski definition) is 1. The minimum atomic E-state index is 0.160. The number of ketones is 1. The molecule has 0 saturated heterocycles. The summed E-state index contributed by atoms with van der Waals surface area (Å²) in [5.74, 6) is 0.160. The van der Waals surface area contributed by atoms with Crippen LogP contribution in [0.3, 0.4) is 0 Å². The molecule has 0 radical (unpaired) electrons. The third kappa shape index (κ3) is 1.66. The number of rotatable bonds is 3. The Hall–Kier alpha value is -1.93. The van der Waals surface area contributed by atoms with Gasteiger partial charge in [-0.2, -0.15) is 0 Å². The molecule has 18 heavy (non-hydrogen) atoms. The van der Waals surface area contributed by atoms with Crippen LogP contribution < -0.4 is 5.32 Å². The van der Waals surface area contributed by atoms with E-state index in [1.54, 1.807) is 0 Å². The Morgan fingerprint density at radius 3 is 2.67 bits per heavy atom. The van der Waals surface area contributed by atoms with Crippen LogP contribution in [0.25, 0.3) is 16.8 Å². The van der Waals surface area contributed by atoms with Crippen molar-refractivity contribution < 1.29 is 10.1 Å². The smallest absolute Gasteiger partial charge is 0.246 e. The normalized spacial score (nSPS) is 13.8. The Balaban J connectivity index is 2.19. The molecule has 0 aliphatic heterocycles. The summed E-state index contributed by atoms with van der Waals surface area (Å²) in [5, 5.41) is 4.29. The van der Waals surface area contributed by atoms with Crippen LogP contribution in [0.1, 0.15) is 29.3 Å². The fourth-order valence-corrected chi connectivity index (χ4v) is 2.52. The number of Topliss-reactive ketones (excluding diaryl/α,β-unsaturated/α-hetero) is 1. The third-order valence-corrected chi connectivity index (χ3v) is 3.41. The Morgan fingerprint density at radius 1 is 1.11 bits per heavy atom. The average Bonchev–Trinajstić information content (AvgIpc) is 2.41. The molecule has 2 nitrogen and oxygen atoms in total. The van der Waals surface area contributed by atoms with E-state index in [4.69, 9.17) is 0 Å². The molecule has 90 valence electrons. The molecular formula is C16H16NO+. The van der Waals surface area contributed by atoms with E-state index < -0.39 is 0 Å². The summed E-state index contributed by atoms with van der Waals surface area (Å²) in [7, 11) is 0. The van der Waals surface area contributed by atoms with Crippen molar-refractivity contribution in [3.05, 3.63) is 53.2 Å². The van der Waals surface area contributed by atoms with Crippen LogP contribution in [-0.4, -0.2) is 12.3 Å². The zero-order valence-corrected chi connectivity index (χ0v) is 10.4. The lowest BCUT2D eigenvalue weighted by molar-refractivity contribution is -0.598. The molecule has 2 aromatic rings.